The van der Waals surface area contributed by atoms with Crippen LogP contribution in [0.2, 0.25) is 0 Å². The first-order chi connectivity index (χ1) is 43.6. The molecule has 0 atom stereocenters. The number of carboxylic acids is 1. The van der Waals surface area contributed by atoms with Gasteiger partial charge in [0.2, 0.25) is 0 Å². The van der Waals surface area contributed by atoms with Crippen LogP contribution >= 0.6 is 69.3 Å². The summed E-state index contributed by atoms with van der Waals surface area (Å²) in [4.78, 5) is 50.9. The molecule has 0 unspecified atom stereocenters. The maximum atomic E-state index is 13.1. The van der Waals surface area contributed by atoms with E-state index in [1.165, 1.54) is 74.6 Å². The van der Waals surface area contributed by atoms with Crippen LogP contribution in [0.25, 0.3) is 30.3 Å². The second-order valence-corrected chi connectivity index (χ2v) is 25.7. The molecule has 13 nitrogen and oxygen atoms in total. The van der Waals surface area contributed by atoms with Crippen molar-refractivity contribution in [3.05, 3.63) is 139 Å². The lowest BCUT2D eigenvalue weighted by Crippen LogP contribution is -2.28. The Morgan fingerprint density at radius 2 is 0.819 bits per heavy atom. The second kappa shape index (κ2) is 30.0. The van der Waals surface area contributed by atoms with E-state index in [1.54, 1.807) is 0 Å². The highest BCUT2D eigenvalue weighted by atomic mass is 32.2. The van der Waals surface area contributed by atoms with Gasteiger partial charge in [0.05, 0.1) is 50.4 Å². The highest BCUT2D eigenvalue weighted by Crippen LogP contribution is 2.46. The van der Waals surface area contributed by atoms with E-state index in [-0.39, 0.29) is 58.5 Å². The van der Waals surface area contributed by atoms with Crippen molar-refractivity contribution in [3.8, 4) is 0 Å². The molecule has 3 aromatic carbocycles. The maximum Gasteiger partial charge on any atom is 0.417 e. The number of alkyl halides is 18. The predicted octanol–water partition coefficient (Wildman–Crippen LogP) is 19.5. The fraction of sp³-hybridized carbons (Fsp3) is 0.263. The Kier molecular flexibility index (Phi) is 24.1. The molecule has 94 heavy (non-hydrogen) atoms. The second-order valence-electron chi connectivity index (χ2n) is 18.7. The Balaban J connectivity index is 0.000000209. The summed E-state index contributed by atoms with van der Waals surface area (Å²) in [5.74, 6) is -0.637. The molecule has 9 aromatic rings. The maximum absolute atomic E-state index is 13.1. The number of amides is 2. The number of nitrogen functional groups attached to an aromatic ring is 2. The highest BCUT2D eigenvalue weighted by molar-refractivity contribution is 8.00. The van der Waals surface area contributed by atoms with Gasteiger partial charge in [-0.3, -0.25) is 14.5 Å². The first kappa shape index (κ1) is 75.4. The zero-order valence-corrected chi connectivity index (χ0v) is 53.5. The van der Waals surface area contributed by atoms with Crippen LogP contribution in [0.4, 0.5) is 114 Å². The number of aromatic nitrogens is 3. The number of rotatable bonds is 13. The first-order valence-corrected chi connectivity index (χ1v) is 31.7. The normalized spacial score (nSPS) is 12.1. The van der Waals surface area contributed by atoms with Crippen molar-refractivity contribution >= 4 is 152 Å². The van der Waals surface area contributed by atoms with E-state index in [2.05, 4.69) is 30.9 Å². The van der Waals surface area contributed by atoms with Crippen molar-refractivity contribution in [1.82, 2.24) is 15.0 Å². The van der Waals surface area contributed by atoms with E-state index >= 15 is 0 Å². The van der Waals surface area contributed by atoms with Crippen molar-refractivity contribution in [2.75, 3.05) is 70.7 Å². The molecule has 9 rings (SSSR count). The number of halogens is 18. The van der Waals surface area contributed by atoms with Gasteiger partial charge < -0.3 is 32.5 Å². The number of hydrogen-bond acceptors (Lipinski definition) is 16. The van der Waals surface area contributed by atoms with Gasteiger partial charge >= 0.3 is 43.0 Å². The number of aromatic carboxylic acids is 1. The molecule has 37 heteroatoms. The summed E-state index contributed by atoms with van der Waals surface area (Å²) in [5.41, 5.74) is 5.05. The third-order valence-electron chi connectivity index (χ3n) is 12.4. The number of benzene rings is 3. The van der Waals surface area contributed by atoms with E-state index in [0.29, 0.717) is 71.3 Å². The fourth-order valence-electron chi connectivity index (χ4n) is 8.14. The van der Waals surface area contributed by atoms with E-state index < -0.39 is 88.2 Å². The third-order valence-corrected chi connectivity index (χ3v) is 19.2. The topological polar surface area (TPSA) is 201 Å². The Hall–Kier alpha value is -7.61. The molecule has 0 fully saturated rings. The zero-order chi connectivity index (χ0) is 70.4. The number of carboxylic acid groups (broad SMARTS) is 1. The van der Waals surface area contributed by atoms with Gasteiger partial charge in [0, 0.05) is 84.7 Å². The number of nitrogens with two attached hydrogens (primary N) is 2. The molecule has 0 saturated heterocycles. The summed E-state index contributed by atoms with van der Waals surface area (Å²) < 4.78 is 231. The van der Waals surface area contributed by atoms with E-state index in [4.69, 9.17) is 16.6 Å². The fourth-order valence-corrected chi connectivity index (χ4v) is 14.9. The van der Waals surface area contributed by atoms with Crippen molar-refractivity contribution in [1.29, 1.82) is 0 Å². The van der Waals surface area contributed by atoms with Crippen LogP contribution in [0.1, 0.15) is 83.2 Å². The first-order valence-electron chi connectivity index (χ1n) is 26.3. The molecule has 0 aliphatic carbocycles. The minimum atomic E-state index is -4.66. The SMILES string of the molecule is CCSc1c(C(=O)N(C)c2ncc(C(F)(F)F)cc2N)sc2cc(C(F)(F)F)ccc12.CCSc1c(C(=O)Nc2cc(C(F)(F)F)cnc2NC)sc2cc(C(F)(F)F)ccc12.CCSc1c(C(=O)O)sc2cc(C(F)(F)F)ccc12.CNc1ncc(C(F)(F)F)cc1N. The molecular formula is C57H47F18N9O4S6. The van der Waals surface area contributed by atoms with Crippen LogP contribution in [0, 0.1) is 0 Å². The quantitative estimate of drug-likeness (QED) is 0.0470. The van der Waals surface area contributed by atoms with Gasteiger partial charge in [-0.25, -0.2) is 19.7 Å². The minimum Gasteiger partial charge on any atom is -0.477 e. The predicted molar refractivity (Wildman–Crippen MR) is 333 cm³/mol. The molecule has 0 radical (unpaired) electrons. The number of anilines is 6. The van der Waals surface area contributed by atoms with Crippen molar-refractivity contribution in [2.45, 2.75) is 72.5 Å². The number of fused-ring (bicyclic) bond motifs is 3. The molecule has 0 saturated carbocycles. The van der Waals surface area contributed by atoms with Gasteiger partial charge in [-0.1, -0.05) is 39.0 Å². The van der Waals surface area contributed by atoms with Crippen molar-refractivity contribution < 1.29 is 98.5 Å². The lowest BCUT2D eigenvalue weighted by Gasteiger charge is -2.19. The molecular weight excluding hydrogens is 1410 g/mol. The Morgan fingerprint density at radius 3 is 1.18 bits per heavy atom. The van der Waals surface area contributed by atoms with Gasteiger partial charge in [-0.2, -0.15) is 79.0 Å². The van der Waals surface area contributed by atoms with Crippen LogP contribution in [0.3, 0.4) is 0 Å². The summed E-state index contributed by atoms with van der Waals surface area (Å²) in [6.07, 6.45) is -25.2. The summed E-state index contributed by atoms with van der Waals surface area (Å²) in [7, 11) is 4.26. The van der Waals surface area contributed by atoms with E-state index in [1.807, 2.05) is 20.8 Å². The molecule has 506 valence electrons. The lowest BCUT2D eigenvalue weighted by atomic mass is 10.1. The van der Waals surface area contributed by atoms with Crippen molar-refractivity contribution in [3.63, 3.8) is 0 Å². The number of carbonyl (C=O) groups is 3. The Morgan fingerprint density at radius 1 is 0.479 bits per heavy atom. The van der Waals surface area contributed by atoms with Crippen LogP contribution in [0.5, 0.6) is 0 Å². The minimum absolute atomic E-state index is 0.0164. The number of thiophene rings is 3. The molecule has 6 heterocycles. The van der Waals surface area contributed by atoms with E-state index in [0.717, 1.165) is 93.6 Å². The summed E-state index contributed by atoms with van der Waals surface area (Å²) >= 11 is 6.48. The molecule has 0 spiro atoms. The Bertz CT molecular complexity index is 4220. The summed E-state index contributed by atoms with van der Waals surface area (Å²) in [5, 5.41) is 18.2. The number of nitrogens with zero attached hydrogens (tertiary/aromatic N) is 4. The van der Waals surface area contributed by atoms with Crippen molar-refractivity contribution in [2.24, 2.45) is 0 Å². The van der Waals surface area contributed by atoms with Gasteiger partial charge in [0.15, 0.2) is 5.82 Å². The smallest absolute Gasteiger partial charge is 0.417 e. The Labute approximate surface area is 545 Å². The number of pyridine rings is 3. The summed E-state index contributed by atoms with van der Waals surface area (Å²) in [6, 6.07) is 12.0. The summed E-state index contributed by atoms with van der Waals surface area (Å²) in [6.45, 7) is 5.51. The van der Waals surface area contributed by atoms with Gasteiger partial charge in [0.25, 0.3) is 11.8 Å². The average Bonchev–Trinajstić information content (AvgIpc) is 1.63. The third kappa shape index (κ3) is 18.2. The molecule has 0 aliphatic rings. The average molecular weight is 1460 g/mol. The van der Waals surface area contributed by atoms with Crippen LogP contribution < -0.4 is 32.3 Å². The molecule has 0 aliphatic heterocycles. The zero-order valence-electron chi connectivity index (χ0n) is 48.6. The van der Waals surface area contributed by atoms with E-state index in [9.17, 15) is 93.4 Å². The van der Waals surface area contributed by atoms with Gasteiger partial charge in [-0.05, 0) is 71.9 Å². The van der Waals surface area contributed by atoms with Gasteiger partial charge in [0.1, 0.15) is 26.3 Å². The van der Waals surface area contributed by atoms with Crippen LogP contribution in [-0.2, 0) is 37.1 Å². The monoisotopic (exact) mass is 1460 g/mol. The molecule has 0 bridgehead atoms. The highest BCUT2D eigenvalue weighted by Gasteiger charge is 2.37. The number of thioether (sulfide) groups is 3. The number of hydrogen-bond donors (Lipinski definition) is 6. The standard InChI is InChI=1S/2C19H15F6N3OS2.C12H9F3O2S2.C7H8F3N3/c1-3-30-14-11-5-4-9(18(20,21)22)7-13(11)31-15(14)17(29)28(2)16-12(26)6-10(8-27-16)19(23,24)25;1-3-30-14-11-5-4-9(18(20,21)22)7-13(11)31-15(14)17(29)28-12-6-10(19(23,24)25)8-27-16(12)26-2;1-2-18-9-7-4-3-6(12(13,14)15)5-8(7)19-10(9)11(16)17;1-12-6-5(11)2-4(3-13-6)7(8,9)10/h4-8H,3,26H2,1-2H3;4-8H,3H2,1-2H3,(H,26,27)(H,28,29);3-5H,2H2,1H3,(H,16,17);2-3H,11H2,1H3,(H,12,13). The molecule has 6 aromatic heterocycles. The van der Waals surface area contributed by atoms with Crippen LogP contribution in [0.15, 0.2) is 106 Å². The van der Waals surface area contributed by atoms with Gasteiger partial charge in [-0.15, -0.1) is 69.3 Å². The van der Waals surface area contributed by atoms with Crippen LogP contribution in [-0.4, -0.2) is 76.2 Å². The number of carbonyl (C=O) groups excluding carboxylic acids is 2. The number of nitrogens with one attached hydrogen (secondary N) is 3. The molecule has 2 amide bonds. The lowest BCUT2D eigenvalue weighted by molar-refractivity contribution is -0.138. The largest absolute Gasteiger partial charge is 0.477 e. The molecule has 8 N–H and O–H groups in total.